The zero-order chi connectivity index (χ0) is 18.1. The summed E-state index contributed by atoms with van der Waals surface area (Å²) < 4.78 is 22.5. The number of rotatable bonds is 5. The lowest BCUT2D eigenvalue weighted by Crippen LogP contribution is -2.29. The van der Waals surface area contributed by atoms with Gasteiger partial charge in [-0.2, -0.15) is 0 Å². The van der Waals surface area contributed by atoms with Crippen LogP contribution in [0.15, 0.2) is 41.3 Å². The molecule has 1 aromatic carbocycles. The van der Waals surface area contributed by atoms with Gasteiger partial charge in [0.1, 0.15) is 0 Å². The second-order valence-corrected chi connectivity index (χ2v) is 7.72. The van der Waals surface area contributed by atoms with Crippen LogP contribution in [0.4, 0.5) is 5.00 Å². The van der Waals surface area contributed by atoms with Crippen molar-refractivity contribution in [2.75, 3.05) is 7.05 Å². The molecule has 2 N–H and O–H groups in total. The van der Waals surface area contributed by atoms with E-state index in [1.807, 2.05) is 0 Å². The first-order valence-corrected chi connectivity index (χ1v) is 9.11. The third kappa shape index (κ3) is 3.78. The number of nitrogens with two attached hydrogens (primary N) is 1. The number of thiophene rings is 1. The Balaban J connectivity index is 2.20. The van der Waals surface area contributed by atoms with E-state index in [1.54, 1.807) is 26.1 Å². The zero-order valence-corrected chi connectivity index (χ0v) is 14.5. The molecule has 10 heteroatoms. The van der Waals surface area contributed by atoms with E-state index < -0.39 is 14.9 Å². The van der Waals surface area contributed by atoms with Gasteiger partial charge in [-0.3, -0.25) is 14.9 Å². The van der Waals surface area contributed by atoms with Gasteiger partial charge in [0.2, 0.25) is 10.0 Å². The van der Waals surface area contributed by atoms with Crippen molar-refractivity contribution < 1.29 is 18.1 Å². The van der Waals surface area contributed by atoms with Crippen LogP contribution in [0.1, 0.15) is 28.2 Å². The number of nitrogens with zero attached hydrogens (tertiary/aromatic N) is 2. The second kappa shape index (κ2) is 6.67. The van der Waals surface area contributed by atoms with Gasteiger partial charge in [0.15, 0.2) is 0 Å². The van der Waals surface area contributed by atoms with Gasteiger partial charge in [0, 0.05) is 13.1 Å². The van der Waals surface area contributed by atoms with Crippen molar-refractivity contribution in [3.8, 4) is 0 Å². The molecule has 0 aliphatic rings. The molecule has 1 amide bonds. The summed E-state index contributed by atoms with van der Waals surface area (Å²) >= 11 is 0.810. The summed E-state index contributed by atoms with van der Waals surface area (Å²) in [5.74, 6) is -0.351. The molecule has 0 aliphatic carbocycles. The van der Waals surface area contributed by atoms with E-state index in [2.05, 4.69) is 0 Å². The molecule has 2 rings (SSSR count). The highest BCUT2D eigenvalue weighted by Crippen LogP contribution is 2.28. The summed E-state index contributed by atoms with van der Waals surface area (Å²) in [7, 11) is -2.20. The Bertz CT molecular complexity index is 874. The monoisotopic (exact) mass is 369 g/mol. The van der Waals surface area contributed by atoms with Gasteiger partial charge in [0.05, 0.1) is 20.7 Å². The fraction of sp³-hybridized carbons (Fsp3) is 0.214. The van der Waals surface area contributed by atoms with E-state index in [1.165, 1.54) is 29.2 Å². The lowest BCUT2D eigenvalue weighted by molar-refractivity contribution is -0.380. The van der Waals surface area contributed by atoms with Gasteiger partial charge in [0.25, 0.3) is 5.91 Å². The molecule has 0 saturated carbocycles. The Morgan fingerprint density at radius 1 is 1.25 bits per heavy atom. The van der Waals surface area contributed by atoms with Crippen molar-refractivity contribution in [3.05, 3.63) is 57.0 Å². The summed E-state index contributed by atoms with van der Waals surface area (Å²) in [5, 5.41) is 15.7. The third-order valence-electron chi connectivity index (χ3n) is 3.57. The van der Waals surface area contributed by atoms with Crippen molar-refractivity contribution in [3.63, 3.8) is 0 Å². The van der Waals surface area contributed by atoms with Crippen LogP contribution in [-0.2, 0) is 10.0 Å². The SMILES string of the molecule is CC(c1ccc(S(N)(=O)=O)cc1)N(C)C(=O)c1ccc([N+](=O)[O-])s1. The van der Waals surface area contributed by atoms with E-state index in [0.29, 0.717) is 5.56 Å². The Morgan fingerprint density at radius 3 is 2.29 bits per heavy atom. The molecule has 0 saturated heterocycles. The van der Waals surface area contributed by atoms with Crippen molar-refractivity contribution >= 4 is 32.3 Å². The first-order valence-electron chi connectivity index (χ1n) is 6.75. The predicted molar refractivity (Wildman–Crippen MR) is 89.3 cm³/mol. The molecule has 0 fully saturated rings. The minimum absolute atomic E-state index is 0.0127. The number of primary sulfonamides is 1. The van der Waals surface area contributed by atoms with Crippen LogP contribution in [0, 0.1) is 10.1 Å². The Hall–Kier alpha value is -2.30. The second-order valence-electron chi connectivity index (χ2n) is 5.10. The number of hydrogen-bond donors (Lipinski definition) is 1. The van der Waals surface area contributed by atoms with Crippen LogP contribution in [0.5, 0.6) is 0 Å². The van der Waals surface area contributed by atoms with Gasteiger partial charge >= 0.3 is 5.00 Å². The molecular weight excluding hydrogens is 354 g/mol. The molecule has 1 unspecified atom stereocenters. The Labute approximate surface area is 142 Å². The normalized spacial score (nSPS) is 12.6. The van der Waals surface area contributed by atoms with Crippen LogP contribution >= 0.6 is 11.3 Å². The number of hydrogen-bond acceptors (Lipinski definition) is 6. The topological polar surface area (TPSA) is 124 Å². The first-order chi connectivity index (χ1) is 11.1. The first kappa shape index (κ1) is 18.0. The molecule has 1 atom stereocenters. The Kier molecular flexibility index (Phi) is 5.02. The third-order valence-corrected chi connectivity index (χ3v) is 5.53. The van der Waals surface area contributed by atoms with Crippen LogP contribution in [0.3, 0.4) is 0 Å². The molecule has 1 aromatic heterocycles. The van der Waals surface area contributed by atoms with Gasteiger partial charge in [-0.25, -0.2) is 13.6 Å². The molecule has 2 aromatic rings. The minimum Gasteiger partial charge on any atom is -0.334 e. The summed E-state index contributed by atoms with van der Waals surface area (Å²) in [5.41, 5.74) is 0.712. The molecule has 8 nitrogen and oxygen atoms in total. The van der Waals surface area contributed by atoms with Crippen molar-refractivity contribution in [1.82, 2.24) is 4.90 Å². The zero-order valence-electron chi connectivity index (χ0n) is 12.9. The number of sulfonamides is 1. The maximum atomic E-state index is 12.4. The number of carbonyl (C=O) groups is 1. The molecule has 0 radical (unpaired) electrons. The van der Waals surface area contributed by atoms with Gasteiger partial charge in [-0.05, 0) is 30.7 Å². The summed E-state index contributed by atoms with van der Waals surface area (Å²) in [6.45, 7) is 1.77. The van der Waals surface area contributed by atoms with E-state index in [0.717, 1.165) is 11.3 Å². The van der Waals surface area contributed by atoms with Gasteiger partial charge in [-0.15, -0.1) is 0 Å². The predicted octanol–water partition coefficient (Wildman–Crippen LogP) is 2.14. The lowest BCUT2D eigenvalue weighted by Gasteiger charge is -2.25. The van der Waals surface area contributed by atoms with Crippen LogP contribution in [0.2, 0.25) is 0 Å². The number of nitro groups is 1. The fourth-order valence-electron chi connectivity index (χ4n) is 2.05. The van der Waals surface area contributed by atoms with Crippen molar-refractivity contribution in [2.45, 2.75) is 17.9 Å². The largest absolute Gasteiger partial charge is 0.334 e. The van der Waals surface area contributed by atoms with Crippen LogP contribution < -0.4 is 5.14 Å². The van der Waals surface area contributed by atoms with E-state index in [-0.39, 0.29) is 26.7 Å². The van der Waals surface area contributed by atoms with E-state index in [9.17, 15) is 23.3 Å². The molecule has 128 valence electrons. The van der Waals surface area contributed by atoms with Crippen molar-refractivity contribution in [2.24, 2.45) is 5.14 Å². The highest BCUT2D eigenvalue weighted by Gasteiger charge is 2.23. The van der Waals surface area contributed by atoms with Gasteiger partial charge in [-0.1, -0.05) is 23.5 Å². The molecule has 0 bridgehead atoms. The summed E-state index contributed by atoms with van der Waals surface area (Å²) in [4.78, 5) is 24.3. The summed E-state index contributed by atoms with van der Waals surface area (Å²) in [6, 6.07) is 8.24. The molecular formula is C14H15N3O5S2. The number of carbonyl (C=O) groups excluding carboxylic acids is 1. The lowest BCUT2D eigenvalue weighted by atomic mass is 10.1. The fourth-order valence-corrected chi connectivity index (χ4v) is 3.37. The average molecular weight is 369 g/mol. The van der Waals surface area contributed by atoms with Crippen LogP contribution in [0.25, 0.3) is 0 Å². The highest BCUT2D eigenvalue weighted by atomic mass is 32.2. The average Bonchev–Trinajstić information content (AvgIpc) is 3.02. The highest BCUT2D eigenvalue weighted by molar-refractivity contribution is 7.89. The van der Waals surface area contributed by atoms with E-state index >= 15 is 0 Å². The standard InChI is InChI=1S/C14H15N3O5S2/c1-9(10-3-5-11(6-4-10)24(15,21)22)16(2)14(18)12-7-8-13(23-12)17(19)20/h3-9H,1-2H3,(H2,15,21,22). The molecule has 24 heavy (non-hydrogen) atoms. The molecule has 1 heterocycles. The van der Waals surface area contributed by atoms with E-state index in [4.69, 9.17) is 5.14 Å². The number of amides is 1. The maximum Gasteiger partial charge on any atom is 0.324 e. The van der Waals surface area contributed by atoms with Crippen LogP contribution in [-0.4, -0.2) is 31.2 Å². The smallest absolute Gasteiger partial charge is 0.324 e. The maximum absolute atomic E-state index is 12.4. The molecule has 0 spiro atoms. The Morgan fingerprint density at radius 2 is 1.83 bits per heavy atom. The minimum atomic E-state index is -3.77. The molecule has 0 aliphatic heterocycles. The quantitative estimate of drug-likeness (QED) is 0.639. The summed E-state index contributed by atoms with van der Waals surface area (Å²) in [6.07, 6.45) is 0. The van der Waals surface area contributed by atoms with Gasteiger partial charge < -0.3 is 4.90 Å². The van der Waals surface area contributed by atoms with Crippen molar-refractivity contribution in [1.29, 1.82) is 0 Å². The number of benzene rings is 1.